The summed E-state index contributed by atoms with van der Waals surface area (Å²) >= 11 is 17.2. The van der Waals surface area contributed by atoms with Gasteiger partial charge in [-0.05, 0) is 13.8 Å². The van der Waals surface area contributed by atoms with Crippen LogP contribution in [0.15, 0.2) is 0 Å². The van der Waals surface area contributed by atoms with Crippen LogP contribution in [0.1, 0.15) is 20.3 Å². The van der Waals surface area contributed by atoms with Gasteiger partial charge in [-0.15, -0.1) is 34.8 Å². The molecule has 0 aromatic rings. The summed E-state index contributed by atoms with van der Waals surface area (Å²) in [4.78, 5) is 11.7. The van der Waals surface area contributed by atoms with E-state index in [-0.39, 0.29) is 18.6 Å². The Labute approximate surface area is 115 Å². The number of hydrogen-bond donors (Lipinski definition) is 0. The Morgan fingerprint density at radius 1 is 1.47 bits per heavy atom. The number of alkyl halides is 3. The molecule has 100 valence electrons. The van der Waals surface area contributed by atoms with E-state index < -0.39 is 23.1 Å². The highest BCUT2D eigenvalue weighted by atomic mass is 35.5. The first-order chi connectivity index (χ1) is 7.71. The third-order valence-electron chi connectivity index (χ3n) is 2.65. The fourth-order valence-electron chi connectivity index (χ4n) is 1.28. The summed E-state index contributed by atoms with van der Waals surface area (Å²) in [5.74, 6) is -0.576. The molecule has 2 atom stereocenters. The fraction of sp³-hybridized carbons (Fsp3) is 0.889. The van der Waals surface area contributed by atoms with Crippen LogP contribution >= 0.6 is 42.2 Å². The van der Waals surface area contributed by atoms with Crippen LogP contribution in [0.4, 0.5) is 0 Å². The first-order valence-electron chi connectivity index (χ1n) is 5.04. The van der Waals surface area contributed by atoms with Crippen molar-refractivity contribution in [2.24, 2.45) is 5.41 Å². The lowest BCUT2D eigenvalue weighted by molar-refractivity contribution is -0.147. The minimum atomic E-state index is -3.10. The fourth-order valence-corrected chi connectivity index (χ4v) is 3.38. The molecule has 8 heteroatoms. The van der Waals surface area contributed by atoms with Gasteiger partial charge in [0.2, 0.25) is 0 Å². The van der Waals surface area contributed by atoms with Gasteiger partial charge in [-0.1, -0.05) is 0 Å². The monoisotopic (exact) mass is 322 g/mol. The molecule has 1 aliphatic rings. The molecule has 0 aliphatic heterocycles. The Hall–Kier alpha value is 0.530. The molecule has 0 saturated heterocycles. The molecule has 0 radical (unpaired) electrons. The largest absolute Gasteiger partial charge is 0.455 e. The number of esters is 1. The zero-order chi connectivity index (χ0) is 13.3. The first kappa shape index (κ1) is 15.6. The number of carbonyl (C=O) groups excluding carboxylic acids is 1. The zero-order valence-corrected chi connectivity index (χ0v) is 12.7. The van der Waals surface area contributed by atoms with Gasteiger partial charge in [0.05, 0.1) is 6.61 Å². The Balaban J connectivity index is 2.52. The summed E-state index contributed by atoms with van der Waals surface area (Å²) in [6.07, 6.45) is -0.0234. The highest BCUT2D eigenvalue weighted by Crippen LogP contribution is 2.64. The Morgan fingerprint density at radius 3 is 2.35 bits per heavy atom. The molecule has 0 amide bonds. The minimum absolute atomic E-state index is 0.197. The van der Waals surface area contributed by atoms with E-state index in [1.165, 1.54) is 0 Å². The molecule has 0 spiro atoms. The van der Waals surface area contributed by atoms with E-state index in [1.807, 2.05) is 0 Å². The smallest absolute Gasteiger partial charge is 0.315 e. The summed E-state index contributed by atoms with van der Waals surface area (Å²) in [5.41, 5.74) is -1.13. The minimum Gasteiger partial charge on any atom is -0.455 e. The van der Waals surface area contributed by atoms with Gasteiger partial charge in [-0.2, -0.15) is 0 Å². The average molecular weight is 324 g/mol. The van der Waals surface area contributed by atoms with E-state index >= 15 is 0 Å². The van der Waals surface area contributed by atoms with E-state index in [4.69, 9.17) is 44.1 Å². The van der Waals surface area contributed by atoms with Gasteiger partial charge >= 0.3 is 5.97 Å². The maximum absolute atomic E-state index is 11.9. The quantitative estimate of drug-likeness (QED) is 0.426. The summed E-state index contributed by atoms with van der Waals surface area (Å²) in [5, 5.41) is 0. The van der Waals surface area contributed by atoms with Crippen LogP contribution in [-0.4, -0.2) is 28.9 Å². The Kier molecular flexibility index (Phi) is 4.82. The van der Waals surface area contributed by atoms with Crippen LogP contribution in [0.25, 0.3) is 0 Å². The van der Waals surface area contributed by atoms with Gasteiger partial charge in [-0.25, -0.2) is 0 Å². The lowest BCUT2D eigenvalue weighted by atomic mass is 10.1. The number of rotatable bonds is 6. The number of hydrogen-bond acceptors (Lipinski definition) is 4. The van der Waals surface area contributed by atoms with Crippen molar-refractivity contribution in [3.8, 4) is 0 Å². The second-order valence-corrected chi connectivity index (χ2v) is 8.71. The molecule has 2 unspecified atom stereocenters. The van der Waals surface area contributed by atoms with Crippen molar-refractivity contribution in [3.63, 3.8) is 0 Å². The SMILES string of the molecule is CCOP(=O)(CCl)COC(=O)C1(C)CC1(Cl)Cl. The van der Waals surface area contributed by atoms with Crippen molar-refractivity contribution in [1.82, 2.24) is 0 Å². The number of ether oxygens (including phenoxy) is 1. The van der Waals surface area contributed by atoms with Crippen molar-refractivity contribution in [1.29, 1.82) is 0 Å². The van der Waals surface area contributed by atoms with Gasteiger partial charge in [-0.3, -0.25) is 9.36 Å². The Bertz CT molecular complexity index is 360. The molecule has 1 rings (SSSR count). The first-order valence-corrected chi connectivity index (χ1v) is 8.33. The summed E-state index contributed by atoms with van der Waals surface area (Å²) in [6.45, 7) is 3.53. The Morgan fingerprint density at radius 2 is 2.00 bits per heavy atom. The van der Waals surface area contributed by atoms with Crippen LogP contribution in [0, 0.1) is 5.41 Å². The van der Waals surface area contributed by atoms with Crippen LogP contribution in [0.3, 0.4) is 0 Å². The molecule has 1 fully saturated rings. The molecule has 0 bridgehead atoms. The van der Waals surface area contributed by atoms with E-state index in [0.29, 0.717) is 6.42 Å². The van der Waals surface area contributed by atoms with E-state index in [0.717, 1.165) is 0 Å². The summed E-state index contributed by atoms with van der Waals surface area (Å²) in [6, 6.07) is 0. The molecule has 17 heavy (non-hydrogen) atoms. The van der Waals surface area contributed by atoms with Crippen molar-refractivity contribution in [3.05, 3.63) is 0 Å². The van der Waals surface area contributed by atoms with E-state index in [2.05, 4.69) is 0 Å². The zero-order valence-electron chi connectivity index (χ0n) is 9.54. The summed E-state index contributed by atoms with van der Waals surface area (Å²) in [7, 11) is -3.10. The maximum Gasteiger partial charge on any atom is 0.315 e. The van der Waals surface area contributed by atoms with Crippen molar-refractivity contribution < 1.29 is 18.6 Å². The molecule has 4 nitrogen and oxygen atoms in total. The third-order valence-corrected chi connectivity index (χ3v) is 6.46. The normalized spacial score (nSPS) is 29.5. The van der Waals surface area contributed by atoms with E-state index in [9.17, 15) is 9.36 Å². The number of carbonyl (C=O) groups is 1. The second kappa shape index (κ2) is 5.26. The molecule has 0 N–H and O–H groups in total. The van der Waals surface area contributed by atoms with Gasteiger partial charge in [0.15, 0.2) is 6.35 Å². The maximum atomic E-state index is 11.9. The topological polar surface area (TPSA) is 52.6 Å². The van der Waals surface area contributed by atoms with Crippen LogP contribution < -0.4 is 0 Å². The highest BCUT2D eigenvalue weighted by molar-refractivity contribution is 7.60. The highest BCUT2D eigenvalue weighted by Gasteiger charge is 2.69. The summed E-state index contributed by atoms with van der Waals surface area (Å²) < 4.78 is 20.7. The van der Waals surface area contributed by atoms with Crippen LogP contribution in [0.5, 0.6) is 0 Å². The molecular formula is C9H14Cl3O4P. The molecule has 0 aromatic carbocycles. The van der Waals surface area contributed by atoms with Crippen molar-refractivity contribution in [2.75, 3.05) is 18.6 Å². The van der Waals surface area contributed by atoms with Crippen LogP contribution in [0.2, 0.25) is 0 Å². The predicted octanol–water partition coefficient (Wildman–Crippen LogP) is 3.58. The van der Waals surface area contributed by atoms with Crippen molar-refractivity contribution >= 4 is 48.1 Å². The molecule has 1 saturated carbocycles. The van der Waals surface area contributed by atoms with Gasteiger partial charge in [0.1, 0.15) is 15.4 Å². The number of halogens is 3. The predicted molar refractivity (Wildman–Crippen MR) is 68.1 cm³/mol. The van der Waals surface area contributed by atoms with Gasteiger partial charge in [0.25, 0.3) is 7.37 Å². The van der Waals surface area contributed by atoms with Crippen LogP contribution in [-0.2, 0) is 18.6 Å². The lowest BCUT2D eigenvalue weighted by Crippen LogP contribution is -2.22. The van der Waals surface area contributed by atoms with Gasteiger partial charge < -0.3 is 9.26 Å². The average Bonchev–Trinajstić information content (AvgIpc) is 2.77. The van der Waals surface area contributed by atoms with Gasteiger partial charge in [0, 0.05) is 6.42 Å². The van der Waals surface area contributed by atoms with E-state index in [1.54, 1.807) is 13.8 Å². The molecule has 0 aromatic heterocycles. The lowest BCUT2D eigenvalue weighted by Gasteiger charge is -2.17. The molecular weight excluding hydrogens is 309 g/mol. The van der Waals surface area contributed by atoms with Crippen molar-refractivity contribution in [2.45, 2.75) is 24.6 Å². The molecule has 0 heterocycles. The molecule has 1 aliphatic carbocycles. The standard InChI is InChI=1S/C9H14Cl3O4P/c1-3-16-17(14,5-10)6-15-7(13)8(2)4-9(8,11)12/h3-6H2,1-2H3. The third kappa shape index (κ3) is 3.30. The second-order valence-electron chi connectivity index (χ2n) is 4.13.